The van der Waals surface area contributed by atoms with Gasteiger partial charge in [-0.05, 0) is 69.2 Å². The van der Waals surface area contributed by atoms with Gasteiger partial charge in [0.2, 0.25) is 0 Å². The van der Waals surface area contributed by atoms with Crippen LogP contribution in [0.2, 0.25) is 0 Å². The van der Waals surface area contributed by atoms with Crippen molar-refractivity contribution in [2.45, 2.75) is 59.9 Å². The third-order valence-electron chi connectivity index (χ3n) is 5.78. The molecule has 0 fully saturated rings. The van der Waals surface area contributed by atoms with Crippen molar-refractivity contribution in [3.63, 3.8) is 0 Å². The number of phenols is 1. The summed E-state index contributed by atoms with van der Waals surface area (Å²) in [6, 6.07) is 3.65. The fourth-order valence-corrected chi connectivity index (χ4v) is 4.38. The first kappa shape index (κ1) is 18.5. The number of benzene rings is 1. The average molecular weight is 378 g/mol. The summed E-state index contributed by atoms with van der Waals surface area (Å²) >= 11 is 0. The third-order valence-corrected chi connectivity index (χ3v) is 5.78. The van der Waals surface area contributed by atoms with Gasteiger partial charge in [0, 0.05) is 23.7 Å². The molecule has 6 nitrogen and oxygen atoms in total. The highest BCUT2D eigenvalue weighted by Crippen LogP contribution is 2.36. The number of hydrogen-bond donors (Lipinski definition) is 2. The van der Waals surface area contributed by atoms with Crippen molar-refractivity contribution in [2.75, 3.05) is 0 Å². The molecular weight excluding hydrogens is 352 g/mol. The monoisotopic (exact) mass is 378 g/mol. The van der Waals surface area contributed by atoms with Crippen LogP contribution in [-0.2, 0) is 25.8 Å². The topological polar surface area (TPSA) is 83.8 Å². The molecule has 4 rings (SSSR count). The summed E-state index contributed by atoms with van der Waals surface area (Å²) in [6.07, 6.45) is 3.90. The first-order valence-corrected chi connectivity index (χ1v) is 9.76. The van der Waals surface area contributed by atoms with E-state index in [4.69, 9.17) is 5.10 Å². The van der Waals surface area contributed by atoms with Gasteiger partial charge in [0.15, 0.2) is 0 Å². The fraction of sp³-hybridized carbons (Fsp3) is 0.409. The van der Waals surface area contributed by atoms with Gasteiger partial charge in [-0.25, -0.2) is 4.98 Å². The molecule has 0 saturated carbocycles. The summed E-state index contributed by atoms with van der Waals surface area (Å²) in [5, 5.41) is 15.1. The van der Waals surface area contributed by atoms with Crippen LogP contribution in [0.25, 0.3) is 0 Å². The minimum absolute atomic E-state index is 0.139. The van der Waals surface area contributed by atoms with Crippen LogP contribution in [-0.4, -0.2) is 24.9 Å². The Morgan fingerprint density at radius 3 is 2.64 bits per heavy atom. The molecule has 0 spiro atoms. The maximum atomic E-state index is 11.7. The zero-order valence-corrected chi connectivity index (χ0v) is 16.9. The molecule has 0 radical (unpaired) electrons. The Bertz CT molecular complexity index is 1120. The number of fused-ring (bicyclic) bond motifs is 1. The van der Waals surface area contributed by atoms with E-state index in [0.717, 1.165) is 48.2 Å². The molecule has 2 aromatic heterocycles. The minimum Gasteiger partial charge on any atom is -0.507 e. The van der Waals surface area contributed by atoms with E-state index in [0.29, 0.717) is 23.8 Å². The maximum absolute atomic E-state index is 11.7. The molecule has 0 unspecified atom stereocenters. The Morgan fingerprint density at radius 1 is 1.14 bits per heavy atom. The Morgan fingerprint density at radius 2 is 1.89 bits per heavy atom. The molecule has 1 aromatic carbocycles. The first-order valence-electron chi connectivity index (χ1n) is 9.76. The Labute approximate surface area is 164 Å². The summed E-state index contributed by atoms with van der Waals surface area (Å²) in [6.45, 7) is 8.34. The number of hydrogen-bond acceptors (Lipinski definition) is 4. The van der Waals surface area contributed by atoms with Gasteiger partial charge in [-0.15, -0.1) is 0 Å². The highest BCUT2D eigenvalue weighted by atomic mass is 16.3. The molecule has 1 aliphatic rings. The van der Waals surface area contributed by atoms with Crippen molar-refractivity contribution in [1.29, 1.82) is 0 Å². The van der Waals surface area contributed by atoms with E-state index in [2.05, 4.69) is 23.0 Å². The Hall–Kier alpha value is -2.89. The molecule has 2 N–H and O–H groups in total. The quantitative estimate of drug-likeness (QED) is 0.731. The van der Waals surface area contributed by atoms with Gasteiger partial charge in [0.1, 0.15) is 11.6 Å². The lowest BCUT2D eigenvalue weighted by molar-refractivity contribution is 0.464. The van der Waals surface area contributed by atoms with Crippen LogP contribution in [0.5, 0.6) is 5.75 Å². The lowest BCUT2D eigenvalue weighted by Crippen LogP contribution is -2.14. The molecule has 6 heteroatoms. The van der Waals surface area contributed by atoms with Gasteiger partial charge < -0.3 is 10.1 Å². The Balaban J connectivity index is 1.68. The van der Waals surface area contributed by atoms with E-state index in [1.54, 1.807) is 6.92 Å². The largest absolute Gasteiger partial charge is 0.507 e. The summed E-state index contributed by atoms with van der Waals surface area (Å²) < 4.78 is 1.93. The predicted octanol–water partition coefficient (Wildman–Crippen LogP) is 3.03. The van der Waals surface area contributed by atoms with Gasteiger partial charge in [-0.2, -0.15) is 5.10 Å². The second-order valence-corrected chi connectivity index (χ2v) is 7.82. The summed E-state index contributed by atoms with van der Waals surface area (Å²) in [5.41, 5.74) is 8.54. The zero-order valence-electron chi connectivity index (χ0n) is 16.9. The van der Waals surface area contributed by atoms with Gasteiger partial charge in [0.05, 0.1) is 17.9 Å². The predicted molar refractivity (Wildman–Crippen MR) is 108 cm³/mol. The molecule has 1 aliphatic carbocycles. The first-order chi connectivity index (χ1) is 13.3. The molecule has 0 aliphatic heterocycles. The molecular formula is C22H26N4O2. The fourth-order valence-electron chi connectivity index (χ4n) is 4.38. The van der Waals surface area contributed by atoms with Gasteiger partial charge in [-0.1, -0.05) is 6.07 Å². The van der Waals surface area contributed by atoms with Crippen LogP contribution in [0.15, 0.2) is 16.9 Å². The molecule has 0 saturated heterocycles. The number of aromatic nitrogens is 4. The van der Waals surface area contributed by atoms with E-state index in [9.17, 15) is 9.90 Å². The van der Waals surface area contributed by atoms with Crippen LogP contribution in [0.3, 0.4) is 0 Å². The van der Waals surface area contributed by atoms with Crippen molar-refractivity contribution < 1.29 is 5.11 Å². The van der Waals surface area contributed by atoms with E-state index in [-0.39, 0.29) is 5.56 Å². The van der Waals surface area contributed by atoms with E-state index in [1.807, 2.05) is 18.5 Å². The highest BCUT2D eigenvalue weighted by molar-refractivity contribution is 5.53. The number of nitrogens with zero attached hydrogens (tertiary/aromatic N) is 3. The summed E-state index contributed by atoms with van der Waals surface area (Å²) in [4.78, 5) is 18.8. The number of phenolic OH excluding ortho intramolecular Hbond substituents is 1. The molecule has 3 aromatic rings. The molecule has 0 atom stereocenters. The molecule has 0 amide bonds. The number of aromatic hydroxyl groups is 1. The summed E-state index contributed by atoms with van der Waals surface area (Å²) in [5.74, 6) is 1.08. The van der Waals surface area contributed by atoms with Crippen LogP contribution in [0, 0.1) is 27.7 Å². The lowest BCUT2D eigenvalue weighted by Gasteiger charge is -2.13. The van der Waals surface area contributed by atoms with Crippen molar-refractivity contribution in [3.05, 3.63) is 73.2 Å². The van der Waals surface area contributed by atoms with Gasteiger partial charge in [-0.3, -0.25) is 9.48 Å². The second-order valence-electron chi connectivity index (χ2n) is 7.82. The van der Waals surface area contributed by atoms with Crippen molar-refractivity contribution in [1.82, 2.24) is 19.7 Å². The molecule has 146 valence electrons. The zero-order chi connectivity index (χ0) is 20.0. The smallest absolute Gasteiger partial charge is 0.251 e. The number of rotatable bonds is 4. The van der Waals surface area contributed by atoms with Gasteiger partial charge in [0.25, 0.3) is 5.56 Å². The Kier molecular flexibility index (Phi) is 4.57. The van der Waals surface area contributed by atoms with Crippen LogP contribution in [0.1, 0.15) is 57.1 Å². The highest BCUT2D eigenvalue weighted by Gasteiger charge is 2.22. The number of H-pyrrole nitrogens is 1. The normalized spacial score (nSPS) is 13.1. The number of aromatic amines is 1. The molecule has 2 heterocycles. The van der Waals surface area contributed by atoms with E-state index in [1.165, 1.54) is 22.8 Å². The molecule has 28 heavy (non-hydrogen) atoms. The van der Waals surface area contributed by atoms with Crippen molar-refractivity contribution in [3.8, 4) is 5.75 Å². The average Bonchev–Trinajstić information content (AvgIpc) is 3.20. The van der Waals surface area contributed by atoms with Crippen molar-refractivity contribution >= 4 is 0 Å². The number of nitrogens with one attached hydrogen (secondary N) is 1. The van der Waals surface area contributed by atoms with Crippen molar-refractivity contribution in [2.24, 2.45) is 0 Å². The standard InChI is InChI=1S/C22H26N4O2/c1-12-8-16(18-6-5-7-19(18)22(12)28)9-20-13(2)25-26(14(20)3)11-17-10-21(27)24-15(4)23-17/h8,10,28H,5-7,9,11H2,1-4H3,(H,23,24,27). The SMILES string of the molecule is Cc1nc(Cn2nc(C)c(Cc3cc(C)c(O)c4c3CCC4)c2C)cc(=O)[nH]1. The van der Waals surface area contributed by atoms with Gasteiger partial charge >= 0.3 is 0 Å². The second kappa shape index (κ2) is 6.93. The minimum atomic E-state index is -0.139. The third kappa shape index (κ3) is 3.23. The molecule has 0 bridgehead atoms. The number of aryl methyl sites for hydroxylation is 3. The van der Waals surface area contributed by atoms with Crippen LogP contribution >= 0.6 is 0 Å². The lowest BCUT2D eigenvalue weighted by atomic mass is 9.93. The maximum Gasteiger partial charge on any atom is 0.251 e. The van der Waals surface area contributed by atoms with Crippen LogP contribution in [0.4, 0.5) is 0 Å². The summed E-state index contributed by atoms with van der Waals surface area (Å²) in [7, 11) is 0. The van der Waals surface area contributed by atoms with Crippen LogP contribution < -0.4 is 5.56 Å². The van der Waals surface area contributed by atoms with E-state index < -0.39 is 0 Å². The van der Waals surface area contributed by atoms with E-state index >= 15 is 0 Å².